The molecule has 1 unspecified atom stereocenters. The molecule has 140 valence electrons. The van der Waals surface area contributed by atoms with Crippen LogP contribution in [0.1, 0.15) is 44.1 Å². The van der Waals surface area contributed by atoms with Crippen LogP contribution >= 0.6 is 0 Å². The summed E-state index contributed by atoms with van der Waals surface area (Å²) >= 11 is 0. The van der Waals surface area contributed by atoms with Gasteiger partial charge in [0.1, 0.15) is 12.3 Å². The third-order valence-electron chi connectivity index (χ3n) is 4.85. The fourth-order valence-corrected chi connectivity index (χ4v) is 3.55. The van der Waals surface area contributed by atoms with Gasteiger partial charge in [-0.3, -0.25) is 19.3 Å². The molecule has 26 heavy (non-hydrogen) atoms. The van der Waals surface area contributed by atoms with Crippen LogP contribution in [0.15, 0.2) is 18.2 Å². The van der Waals surface area contributed by atoms with Crippen molar-refractivity contribution in [3.8, 4) is 5.75 Å². The smallest absolute Gasteiger partial charge is 0.307 e. The number of ether oxygens (including phenoxy) is 1. The lowest BCUT2D eigenvalue weighted by Gasteiger charge is -2.34. The standard InChI is InChI=1S/C19H24N2O5/c1-12-7-8-14-15(9-12)26-16(10-18(23)24)19(25)21(14)11-17(22)20-13-5-3-2-4-6-13/h7-9,13,16H,2-6,10-11H2,1H3,(H,20,22)(H,23,24). The Labute approximate surface area is 152 Å². The first-order valence-corrected chi connectivity index (χ1v) is 9.04. The average Bonchev–Trinajstić information content (AvgIpc) is 2.59. The van der Waals surface area contributed by atoms with E-state index in [9.17, 15) is 14.4 Å². The number of rotatable bonds is 5. The van der Waals surface area contributed by atoms with E-state index >= 15 is 0 Å². The summed E-state index contributed by atoms with van der Waals surface area (Å²) in [6, 6.07) is 5.47. The second-order valence-electron chi connectivity index (χ2n) is 7.00. The molecule has 0 saturated heterocycles. The number of benzene rings is 1. The molecule has 1 fully saturated rings. The summed E-state index contributed by atoms with van der Waals surface area (Å²) in [6.07, 6.45) is 3.75. The molecule has 0 spiro atoms. The minimum atomic E-state index is -1.12. The van der Waals surface area contributed by atoms with E-state index < -0.39 is 24.4 Å². The van der Waals surface area contributed by atoms with Gasteiger partial charge in [-0.05, 0) is 37.5 Å². The molecule has 7 heteroatoms. The summed E-state index contributed by atoms with van der Waals surface area (Å²) in [5, 5.41) is 12.0. The molecule has 0 radical (unpaired) electrons. The highest BCUT2D eigenvalue weighted by atomic mass is 16.5. The summed E-state index contributed by atoms with van der Waals surface area (Å²) in [5.74, 6) is -1.41. The molecule has 2 amide bonds. The number of amides is 2. The van der Waals surface area contributed by atoms with Gasteiger partial charge in [0, 0.05) is 6.04 Å². The van der Waals surface area contributed by atoms with Crippen LogP contribution < -0.4 is 15.0 Å². The largest absolute Gasteiger partial charge is 0.481 e. The topological polar surface area (TPSA) is 95.9 Å². The Morgan fingerprint density at radius 3 is 2.69 bits per heavy atom. The van der Waals surface area contributed by atoms with Gasteiger partial charge in [-0.2, -0.15) is 0 Å². The molecule has 0 bridgehead atoms. The van der Waals surface area contributed by atoms with Crippen molar-refractivity contribution in [1.29, 1.82) is 0 Å². The quantitative estimate of drug-likeness (QED) is 0.837. The molecule has 1 aliphatic carbocycles. The Hall–Kier alpha value is -2.57. The summed E-state index contributed by atoms with van der Waals surface area (Å²) in [7, 11) is 0. The molecular formula is C19H24N2O5. The Kier molecular flexibility index (Phi) is 5.44. The Balaban J connectivity index is 1.77. The number of hydrogen-bond donors (Lipinski definition) is 2. The van der Waals surface area contributed by atoms with Gasteiger partial charge < -0.3 is 15.2 Å². The summed E-state index contributed by atoms with van der Waals surface area (Å²) in [6.45, 7) is 1.75. The van der Waals surface area contributed by atoms with Gasteiger partial charge in [-0.1, -0.05) is 25.3 Å². The number of carboxylic acid groups (broad SMARTS) is 1. The summed E-state index contributed by atoms with van der Waals surface area (Å²) in [4.78, 5) is 37.6. The zero-order valence-corrected chi connectivity index (χ0v) is 14.9. The van der Waals surface area contributed by atoms with Crippen LogP contribution in [0, 0.1) is 6.92 Å². The summed E-state index contributed by atoms with van der Waals surface area (Å²) in [5.41, 5.74) is 1.43. The minimum absolute atomic E-state index is 0.134. The van der Waals surface area contributed by atoms with E-state index in [0.29, 0.717) is 11.4 Å². The van der Waals surface area contributed by atoms with Crippen LogP contribution in [0.5, 0.6) is 5.75 Å². The Morgan fingerprint density at radius 2 is 2.00 bits per heavy atom. The van der Waals surface area contributed by atoms with Gasteiger partial charge in [0.15, 0.2) is 6.10 Å². The Bertz CT molecular complexity index is 712. The second kappa shape index (κ2) is 7.76. The van der Waals surface area contributed by atoms with E-state index in [1.165, 1.54) is 11.3 Å². The number of aliphatic carboxylic acids is 1. The van der Waals surface area contributed by atoms with Crippen LogP contribution in [0.2, 0.25) is 0 Å². The van der Waals surface area contributed by atoms with Gasteiger partial charge in [0.05, 0.1) is 12.1 Å². The first-order valence-electron chi connectivity index (χ1n) is 9.04. The maximum Gasteiger partial charge on any atom is 0.307 e. The third kappa shape index (κ3) is 4.15. The highest BCUT2D eigenvalue weighted by Crippen LogP contribution is 2.35. The van der Waals surface area contributed by atoms with Gasteiger partial charge in [-0.15, -0.1) is 0 Å². The number of nitrogens with zero attached hydrogens (tertiary/aromatic N) is 1. The minimum Gasteiger partial charge on any atom is -0.481 e. The van der Waals surface area contributed by atoms with Crippen molar-refractivity contribution in [3.05, 3.63) is 23.8 Å². The van der Waals surface area contributed by atoms with Gasteiger partial charge in [0.2, 0.25) is 5.91 Å². The van der Waals surface area contributed by atoms with Crippen LogP contribution in [-0.4, -0.2) is 41.6 Å². The number of carbonyl (C=O) groups excluding carboxylic acids is 2. The highest BCUT2D eigenvalue weighted by Gasteiger charge is 2.37. The molecule has 1 saturated carbocycles. The monoisotopic (exact) mass is 360 g/mol. The van der Waals surface area contributed by atoms with Gasteiger partial charge >= 0.3 is 5.97 Å². The number of fused-ring (bicyclic) bond motifs is 1. The zero-order valence-electron chi connectivity index (χ0n) is 14.9. The maximum atomic E-state index is 12.7. The molecule has 1 atom stereocenters. The van der Waals surface area contributed by atoms with E-state index in [0.717, 1.165) is 31.2 Å². The lowest BCUT2D eigenvalue weighted by Crippen LogP contribution is -2.51. The van der Waals surface area contributed by atoms with Crippen molar-refractivity contribution in [2.24, 2.45) is 0 Å². The number of aryl methyl sites for hydroxylation is 1. The van der Waals surface area contributed by atoms with Crippen LogP contribution in [0.25, 0.3) is 0 Å². The van der Waals surface area contributed by atoms with Crippen LogP contribution in [0.3, 0.4) is 0 Å². The number of hydrogen-bond acceptors (Lipinski definition) is 4. The number of carbonyl (C=O) groups is 3. The molecule has 1 heterocycles. The van der Waals surface area contributed by atoms with Crippen molar-refractivity contribution >= 4 is 23.5 Å². The molecule has 1 aliphatic heterocycles. The van der Waals surface area contributed by atoms with E-state index in [1.807, 2.05) is 13.0 Å². The highest BCUT2D eigenvalue weighted by molar-refractivity contribution is 6.05. The predicted molar refractivity (Wildman–Crippen MR) is 95.2 cm³/mol. The van der Waals surface area contributed by atoms with Crippen molar-refractivity contribution in [3.63, 3.8) is 0 Å². The van der Waals surface area contributed by atoms with Crippen LogP contribution in [0.4, 0.5) is 5.69 Å². The fourth-order valence-electron chi connectivity index (χ4n) is 3.55. The van der Waals surface area contributed by atoms with Gasteiger partial charge in [0.25, 0.3) is 5.91 Å². The SMILES string of the molecule is Cc1ccc2c(c1)OC(CC(=O)O)C(=O)N2CC(=O)NC1CCCCC1. The molecule has 0 aromatic heterocycles. The number of nitrogens with one attached hydrogen (secondary N) is 1. The lowest BCUT2D eigenvalue weighted by atomic mass is 9.95. The number of carboxylic acids is 1. The Morgan fingerprint density at radius 1 is 1.27 bits per heavy atom. The van der Waals surface area contributed by atoms with Crippen molar-refractivity contribution in [2.75, 3.05) is 11.4 Å². The van der Waals surface area contributed by atoms with Gasteiger partial charge in [-0.25, -0.2) is 0 Å². The van der Waals surface area contributed by atoms with E-state index in [-0.39, 0.29) is 18.5 Å². The molecular weight excluding hydrogens is 336 g/mol. The molecule has 2 aliphatic rings. The van der Waals surface area contributed by atoms with E-state index in [4.69, 9.17) is 9.84 Å². The van der Waals surface area contributed by atoms with Crippen molar-refractivity contribution < 1.29 is 24.2 Å². The third-order valence-corrected chi connectivity index (χ3v) is 4.85. The van der Waals surface area contributed by atoms with Crippen molar-refractivity contribution in [1.82, 2.24) is 5.32 Å². The molecule has 1 aromatic rings. The average molecular weight is 360 g/mol. The van der Waals surface area contributed by atoms with E-state index in [1.54, 1.807) is 12.1 Å². The zero-order chi connectivity index (χ0) is 18.7. The van der Waals surface area contributed by atoms with Crippen molar-refractivity contribution in [2.45, 2.75) is 57.6 Å². The molecule has 7 nitrogen and oxygen atoms in total. The molecule has 2 N–H and O–H groups in total. The first kappa shape index (κ1) is 18.2. The number of anilines is 1. The molecule has 1 aromatic carbocycles. The predicted octanol–water partition coefficient (Wildman–Crippen LogP) is 2.01. The first-order chi connectivity index (χ1) is 12.4. The summed E-state index contributed by atoms with van der Waals surface area (Å²) < 4.78 is 5.59. The normalized spacial score (nSPS) is 20.3. The van der Waals surface area contributed by atoms with Crippen LogP contribution in [-0.2, 0) is 14.4 Å². The second-order valence-corrected chi connectivity index (χ2v) is 7.00. The lowest BCUT2D eigenvalue weighted by molar-refractivity contribution is -0.142. The fraction of sp³-hybridized carbons (Fsp3) is 0.526. The van der Waals surface area contributed by atoms with E-state index in [2.05, 4.69) is 5.32 Å². The maximum absolute atomic E-state index is 12.7. The molecule has 3 rings (SSSR count).